The number of nitrogens with one attached hydrogen (secondary N) is 1. The molecule has 1 heterocycles. The molecule has 1 aliphatic heterocycles. The van der Waals surface area contributed by atoms with Crippen LogP contribution in [-0.4, -0.2) is 20.6 Å². The highest BCUT2D eigenvalue weighted by Crippen LogP contribution is 2.31. The Morgan fingerprint density at radius 2 is 2.20 bits per heavy atom. The van der Waals surface area contributed by atoms with Gasteiger partial charge in [0.05, 0.1) is 0 Å². The maximum absolute atomic E-state index is 13.1. The monoisotopic (exact) mass is 208 g/mol. The molecule has 3 heteroatoms. The van der Waals surface area contributed by atoms with Gasteiger partial charge in [0.2, 0.25) is 0 Å². The maximum Gasteiger partial charge on any atom is 0.125 e. The van der Waals surface area contributed by atoms with Gasteiger partial charge in [-0.15, -0.1) is 0 Å². The van der Waals surface area contributed by atoms with Gasteiger partial charge in [-0.1, -0.05) is 6.07 Å². The van der Waals surface area contributed by atoms with Crippen molar-refractivity contribution in [2.75, 3.05) is 25.5 Å². The minimum absolute atomic E-state index is 0.166. The Balaban J connectivity index is 2.36. The summed E-state index contributed by atoms with van der Waals surface area (Å²) in [5, 5.41) is 3.44. The lowest BCUT2D eigenvalue weighted by Crippen LogP contribution is -2.18. The molecular weight excluding hydrogens is 191 g/mol. The van der Waals surface area contributed by atoms with Gasteiger partial charge in [-0.25, -0.2) is 4.39 Å². The van der Waals surface area contributed by atoms with Crippen LogP contribution in [0, 0.1) is 5.82 Å². The Hall–Kier alpha value is -1.09. The standard InChI is InChI=1S/C12H17FN2/c1-15(2)12-8-9(13)5-6-10(12)11-4-3-7-14-11/h5-6,8,11,14H,3-4,7H2,1-2H3. The summed E-state index contributed by atoms with van der Waals surface area (Å²) < 4.78 is 13.1. The van der Waals surface area contributed by atoms with Crippen molar-refractivity contribution in [2.45, 2.75) is 18.9 Å². The van der Waals surface area contributed by atoms with Crippen molar-refractivity contribution in [2.24, 2.45) is 0 Å². The first-order chi connectivity index (χ1) is 7.18. The second-order valence-electron chi connectivity index (χ2n) is 4.25. The third-order valence-corrected chi connectivity index (χ3v) is 2.91. The molecule has 0 spiro atoms. The normalized spacial score (nSPS) is 20.6. The van der Waals surface area contributed by atoms with Gasteiger partial charge in [0.1, 0.15) is 5.82 Å². The van der Waals surface area contributed by atoms with E-state index in [-0.39, 0.29) is 5.82 Å². The summed E-state index contributed by atoms with van der Waals surface area (Å²) >= 11 is 0. The number of hydrogen-bond donors (Lipinski definition) is 1. The molecule has 0 aromatic heterocycles. The van der Waals surface area contributed by atoms with Crippen LogP contribution in [0.3, 0.4) is 0 Å². The van der Waals surface area contributed by atoms with E-state index in [1.807, 2.05) is 25.1 Å². The molecule has 1 aromatic carbocycles. The third kappa shape index (κ3) is 2.12. The minimum Gasteiger partial charge on any atom is -0.377 e. The van der Waals surface area contributed by atoms with Gasteiger partial charge in [0.15, 0.2) is 0 Å². The van der Waals surface area contributed by atoms with E-state index in [1.165, 1.54) is 12.0 Å². The second-order valence-corrected chi connectivity index (χ2v) is 4.25. The summed E-state index contributed by atoms with van der Waals surface area (Å²) in [5.41, 5.74) is 2.19. The first kappa shape index (κ1) is 10.4. The van der Waals surface area contributed by atoms with E-state index in [0.29, 0.717) is 6.04 Å². The van der Waals surface area contributed by atoms with Crippen molar-refractivity contribution < 1.29 is 4.39 Å². The molecular formula is C12H17FN2. The highest BCUT2D eigenvalue weighted by molar-refractivity contribution is 5.54. The van der Waals surface area contributed by atoms with Crippen LogP contribution in [0.4, 0.5) is 10.1 Å². The fourth-order valence-electron chi connectivity index (χ4n) is 2.15. The molecule has 15 heavy (non-hydrogen) atoms. The van der Waals surface area contributed by atoms with Crippen molar-refractivity contribution in [3.05, 3.63) is 29.6 Å². The number of rotatable bonds is 2. The van der Waals surface area contributed by atoms with Gasteiger partial charge in [0, 0.05) is 25.8 Å². The number of nitrogens with zero attached hydrogens (tertiary/aromatic N) is 1. The Bertz CT molecular complexity index is 343. The molecule has 1 fully saturated rings. The van der Waals surface area contributed by atoms with E-state index in [1.54, 1.807) is 12.1 Å². The van der Waals surface area contributed by atoms with Crippen LogP contribution in [0.15, 0.2) is 18.2 Å². The van der Waals surface area contributed by atoms with E-state index in [0.717, 1.165) is 18.7 Å². The quantitative estimate of drug-likeness (QED) is 0.802. The smallest absolute Gasteiger partial charge is 0.125 e. The average Bonchev–Trinajstić information content (AvgIpc) is 2.70. The van der Waals surface area contributed by atoms with Gasteiger partial charge in [-0.3, -0.25) is 0 Å². The zero-order chi connectivity index (χ0) is 10.8. The molecule has 1 aromatic rings. The van der Waals surface area contributed by atoms with Crippen molar-refractivity contribution in [3.63, 3.8) is 0 Å². The average molecular weight is 208 g/mol. The van der Waals surface area contributed by atoms with Crippen molar-refractivity contribution in [3.8, 4) is 0 Å². The number of anilines is 1. The molecule has 1 saturated heterocycles. The van der Waals surface area contributed by atoms with Crippen LogP contribution in [0.25, 0.3) is 0 Å². The minimum atomic E-state index is -0.166. The molecule has 1 aliphatic rings. The lowest BCUT2D eigenvalue weighted by Gasteiger charge is -2.21. The van der Waals surface area contributed by atoms with E-state index < -0.39 is 0 Å². The summed E-state index contributed by atoms with van der Waals surface area (Å²) in [7, 11) is 3.90. The van der Waals surface area contributed by atoms with Gasteiger partial charge >= 0.3 is 0 Å². The number of hydrogen-bond acceptors (Lipinski definition) is 2. The summed E-state index contributed by atoms with van der Waals surface area (Å²) in [4.78, 5) is 1.97. The lowest BCUT2D eigenvalue weighted by molar-refractivity contribution is 0.617. The third-order valence-electron chi connectivity index (χ3n) is 2.91. The predicted molar refractivity (Wildman–Crippen MR) is 60.7 cm³/mol. The summed E-state index contributed by atoms with van der Waals surface area (Å²) in [6, 6.07) is 5.44. The second kappa shape index (κ2) is 4.19. The summed E-state index contributed by atoms with van der Waals surface area (Å²) in [5.74, 6) is -0.166. The summed E-state index contributed by atoms with van der Waals surface area (Å²) in [6.07, 6.45) is 2.35. The van der Waals surface area contributed by atoms with Crippen molar-refractivity contribution >= 4 is 5.69 Å². The molecule has 1 atom stereocenters. The molecule has 1 N–H and O–H groups in total. The molecule has 0 aliphatic carbocycles. The van der Waals surface area contributed by atoms with E-state index in [2.05, 4.69) is 5.32 Å². The fourth-order valence-corrected chi connectivity index (χ4v) is 2.15. The Morgan fingerprint density at radius 3 is 2.80 bits per heavy atom. The molecule has 2 nitrogen and oxygen atoms in total. The highest BCUT2D eigenvalue weighted by atomic mass is 19.1. The van der Waals surface area contributed by atoms with Crippen LogP contribution >= 0.6 is 0 Å². The predicted octanol–water partition coefficient (Wildman–Crippen LogP) is 2.32. The largest absolute Gasteiger partial charge is 0.377 e. The SMILES string of the molecule is CN(C)c1cc(F)ccc1C1CCCN1. The Kier molecular flexibility index (Phi) is 2.91. The van der Waals surface area contributed by atoms with Crippen LogP contribution in [0.1, 0.15) is 24.4 Å². The first-order valence-corrected chi connectivity index (χ1v) is 5.38. The molecule has 1 unspecified atom stereocenters. The van der Waals surface area contributed by atoms with E-state index >= 15 is 0 Å². The first-order valence-electron chi connectivity index (χ1n) is 5.38. The highest BCUT2D eigenvalue weighted by Gasteiger charge is 2.20. The topological polar surface area (TPSA) is 15.3 Å². The van der Waals surface area contributed by atoms with Crippen LogP contribution < -0.4 is 10.2 Å². The Labute approximate surface area is 90.1 Å². The lowest BCUT2D eigenvalue weighted by atomic mass is 10.0. The van der Waals surface area contributed by atoms with Crippen LogP contribution in [0.2, 0.25) is 0 Å². The van der Waals surface area contributed by atoms with Gasteiger partial charge in [-0.2, -0.15) is 0 Å². The molecule has 0 bridgehead atoms. The molecule has 0 amide bonds. The van der Waals surface area contributed by atoms with Crippen LogP contribution in [-0.2, 0) is 0 Å². The van der Waals surface area contributed by atoms with Gasteiger partial charge in [-0.05, 0) is 37.1 Å². The maximum atomic E-state index is 13.1. The van der Waals surface area contributed by atoms with Gasteiger partial charge in [0.25, 0.3) is 0 Å². The number of benzene rings is 1. The fraction of sp³-hybridized carbons (Fsp3) is 0.500. The summed E-state index contributed by atoms with van der Waals surface area (Å²) in [6.45, 7) is 1.06. The van der Waals surface area contributed by atoms with Crippen molar-refractivity contribution in [1.82, 2.24) is 5.32 Å². The van der Waals surface area contributed by atoms with Gasteiger partial charge < -0.3 is 10.2 Å². The Morgan fingerprint density at radius 1 is 1.40 bits per heavy atom. The molecule has 2 rings (SSSR count). The van der Waals surface area contributed by atoms with E-state index in [4.69, 9.17) is 0 Å². The van der Waals surface area contributed by atoms with E-state index in [9.17, 15) is 4.39 Å². The van der Waals surface area contributed by atoms with Crippen molar-refractivity contribution in [1.29, 1.82) is 0 Å². The van der Waals surface area contributed by atoms with Crippen LogP contribution in [0.5, 0.6) is 0 Å². The number of halogens is 1. The molecule has 0 saturated carbocycles. The zero-order valence-electron chi connectivity index (χ0n) is 9.26. The molecule has 82 valence electrons. The zero-order valence-corrected chi connectivity index (χ0v) is 9.26. The molecule has 0 radical (unpaired) electrons.